The highest BCUT2D eigenvalue weighted by Gasteiger charge is 2.35. The van der Waals surface area contributed by atoms with Crippen molar-refractivity contribution in [1.82, 2.24) is 10.2 Å². The SMILES string of the molecule is CCNC(=NCC1(c2cccs2)CCCCC1)N1CCC(OCC)CC1.I. The number of hydrogen-bond donors (Lipinski definition) is 1. The van der Waals surface area contributed by atoms with Crippen LogP contribution in [0.3, 0.4) is 0 Å². The van der Waals surface area contributed by atoms with Gasteiger partial charge in [0.05, 0.1) is 12.6 Å². The molecule has 2 heterocycles. The third-order valence-electron chi connectivity index (χ3n) is 5.86. The third-order valence-corrected chi connectivity index (χ3v) is 6.98. The van der Waals surface area contributed by atoms with Crippen LogP contribution in [0.15, 0.2) is 22.5 Å². The number of rotatable bonds is 6. The molecule has 4 nitrogen and oxygen atoms in total. The van der Waals surface area contributed by atoms with Gasteiger partial charge in [0, 0.05) is 36.5 Å². The van der Waals surface area contributed by atoms with Gasteiger partial charge in [-0.05, 0) is 51.0 Å². The van der Waals surface area contributed by atoms with Crippen molar-refractivity contribution in [2.75, 3.05) is 32.8 Å². The van der Waals surface area contributed by atoms with Crippen LogP contribution in [0.2, 0.25) is 0 Å². The minimum atomic E-state index is 0. The van der Waals surface area contributed by atoms with Gasteiger partial charge in [-0.25, -0.2) is 0 Å². The first kappa shape index (κ1) is 22.9. The van der Waals surface area contributed by atoms with Crippen LogP contribution in [-0.4, -0.2) is 49.7 Å². The van der Waals surface area contributed by atoms with Crippen molar-refractivity contribution >= 4 is 41.3 Å². The minimum absolute atomic E-state index is 0. The fourth-order valence-corrected chi connectivity index (χ4v) is 5.39. The van der Waals surface area contributed by atoms with Crippen LogP contribution in [0.1, 0.15) is 63.7 Å². The molecule has 3 rings (SSSR count). The topological polar surface area (TPSA) is 36.9 Å². The van der Waals surface area contributed by atoms with E-state index in [1.807, 2.05) is 11.3 Å². The maximum atomic E-state index is 5.81. The van der Waals surface area contributed by atoms with Crippen LogP contribution in [0.4, 0.5) is 0 Å². The Kier molecular flexibility index (Phi) is 9.87. The van der Waals surface area contributed by atoms with Crippen molar-refractivity contribution in [1.29, 1.82) is 0 Å². The van der Waals surface area contributed by atoms with Gasteiger partial charge in [0.25, 0.3) is 0 Å². The number of nitrogens with one attached hydrogen (secondary N) is 1. The largest absolute Gasteiger partial charge is 0.378 e. The minimum Gasteiger partial charge on any atom is -0.378 e. The number of aliphatic imine (C=N–C) groups is 1. The summed E-state index contributed by atoms with van der Waals surface area (Å²) in [5.41, 5.74) is 0.261. The second-order valence-electron chi connectivity index (χ2n) is 7.63. The Morgan fingerprint density at radius 3 is 2.59 bits per heavy atom. The first-order valence-electron chi connectivity index (χ1n) is 10.5. The summed E-state index contributed by atoms with van der Waals surface area (Å²) in [5.74, 6) is 1.10. The van der Waals surface area contributed by atoms with E-state index < -0.39 is 0 Å². The molecule has 1 aromatic rings. The van der Waals surface area contributed by atoms with Crippen molar-refractivity contribution in [3.63, 3.8) is 0 Å². The monoisotopic (exact) mass is 505 g/mol. The fourth-order valence-electron chi connectivity index (χ4n) is 4.41. The van der Waals surface area contributed by atoms with Crippen molar-refractivity contribution in [3.05, 3.63) is 22.4 Å². The van der Waals surface area contributed by atoms with E-state index in [0.717, 1.165) is 51.6 Å². The first-order valence-corrected chi connectivity index (χ1v) is 11.3. The van der Waals surface area contributed by atoms with Gasteiger partial charge >= 0.3 is 0 Å². The zero-order valence-electron chi connectivity index (χ0n) is 16.9. The average Bonchev–Trinajstić information content (AvgIpc) is 3.22. The molecule has 0 spiro atoms. The van der Waals surface area contributed by atoms with Crippen molar-refractivity contribution < 1.29 is 4.74 Å². The Morgan fingerprint density at radius 1 is 1.26 bits per heavy atom. The Bertz CT molecular complexity index is 550. The van der Waals surface area contributed by atoms with E-state index in [9.17, 15) is 0 Å². The molecule has 0 aromatic carbocycles. The molecule has 1 aliphatic heterocycles. The zero-order chi connectivity index (χ0) is 18.2. The molecular weight excluding hydrogens is 469 g/mol. The summed E-state index contributed by atoms with van der Waals surface area (Å²) >= 11 is 1.91. The van der Waals surface area contributed by atoms with E-state index in [1.54, 1.807) is 0 Å². The van der Waals surface area contributed by atoms with Gasteiger partial charge in [0.1, 0.15) is 0 Å². The lowest BCUT2D eigenvalue weighted by Crippen LogP contribution is -2.47. The highest BCUT2D eigenvalue weighted by Crippen LogP contribution is 2.41. The van der Waals surface area contributed by atoms with Crippen molar-refractivity contribution in [3.8, 4) is 0 Å². The molecule has 1 aromatic heterocycles. The van der Waals surface area contributed by atoms with Crippen LogP contribution >= 0.6 is 35.3 Å². The second-order valence-corrected chi connectivity index (χ2v) is 8.58. The van der Waals surface area contributed by atoms with Crippen LogP contribution in [0.5, 0.6) is 0 Å². The van der Waals surface area contributed by atoms with E-state index in [2.05, 4.69) is 41.6 Å². The average molecular weight is 506 g/mol. The molecule has 0 amide bonds. The molecule has 1 N–H and O–H groups in total. The quantitative estimate of drug-likeness (QED) is 0.335. The smallest absolute Gasteiger partial charge is 0.193 e. The summed E-state index contributed by atoms with van der Waals surface area (Å²) in [4.78, 5) is 9.13. The fraction of sp³-hybridized carbons (Fsp3) is 0.762. The van der Waals surface area contributed by atoms with Crippen LogP contribution in [0.25, 0.3) is 0 Å². The molecule has 0 unspecified atom stereocenters. The molecule has 6 heteroatoms. The lowest BCUT2D eigenvalue weighted by atomic mass is 9.73. The van der Waals surface area contributed by atoms with Gasteiger partial charge in [0.15, 0.2) is 5.96 Å². The molecule has 1 saturated carbocycles. The Morgan fingerprint density at radius 2 is 2.00 bits per heavy atom. The van der Waals surface area contributed by atoms with Crippen molar-refractivity contribution in [2.24, 2.45) is 4.99 Å². The summed E-state index contributed by atoms with van der Waals surface area (Å²) in [6, 6.07) is 4.52. The van der Waals surface area contributed by atoms with Gasteiger partial charge < -0.3 is 15.0 Å². The summed E-state index contributed by atoms with van der Waals surface area (Å²) in [6.45, 7) is 9.01. The van der Waals surface area contributed by atoms with Gasteiger partial charge in [-0.1, -0.05) is 25.3 Å². The number of thiophene rings is 1. The first-order chi connectivity index (χ1) is 12.8. The van der Waals surface area contributed by atoms with Crippen LogP contribution in [0, 0.1) is 0 Å². The highest BCUT2D eigenvalue weighted by atomic mass is 127. The number of hydrogen-bond acceptors (Lipinski definition) is 3. The molecule has 0 radical (unpaired) electrons. The number of ether oxygens (including phenoxy) is 1. The van der Waals surface area contributed by atoms with E-state index in [-0.39, 0.29) is 29.4 Å². The second kappa shape index (κ2) is 11.6. The maximum Gasteiger partial charge on any atom is 0.193 e. The van der Waals surface area contributed by atoms with Gasteiger partial charge in [-0.15, -0.1) is 35.3 Å². The lowest BCUT2D eigenvalue weighted by Gasteiger charge is -2.37. The summed E-state index contributed by atoms with van der Waals surface area (Å²) in [7, 11) is 0. The molecule has 1 saturated heterocycles. The number of piperidine rings is 1. The van der Waals surface area contributed by atoms with Gasteiger partial charge in [0.2, 0.25) is 0 Å². The van der Waals surface area contributed by atoms with E-state index in [4.69, 9.17) is 9.73 Å². The Hall–Kier alpha value is -0.340. The summed E-state index contributed by atoms with van der Waals surface area (Å²) in [5, 5.41) is 5.76. The van der Waals surface area contributed by atoms with E-state index in [0.29, 0.717) is 6.10 Å². The standard InChI is InChI=1S/C21H35N3OS.HI/c1-3-22-20(24-14-10-18(11-15-24)25-4-2)23-17-21(12-6-5-7-13-21)19-9-8-16-26-19;/h8-9,16,18H,3-7,10-15,17H2,1-2H3,(H,22,23);1H. The van der Waals surface area contributed by atoms with Crippen LogP contribution < -0.4 is 5.32 Å². The number of nitrogens with zero attached hydrogens (tertiary/aromatic N) is 2. The van der Waals surface area contributed by atoms with E-state index >= 15 is 0 Å². The number of likely N-dealkylation sites (tertiary alicyclic amines) is 1. The molecule has 154 valence electrons. The lowest BCUT2D eigenvalue weighted by molar-refractivity contribution is 0.0263. The predicted octanol–water partition coefficient (Wildman–Crippen LogP) is 5.03. The molecule has 1 aliphatic carbocycles. The predicted molar refractivity (Wildman–Crippen MR) is 127 cm³/mol. The molecule has 2 fully saturated rings. The molecule has 0 bridgehead atoms. The van der Waals surface area contributed by atoms with Gasteiger partial charge in [-0.2, -0.15) is 0 Å². The molecule has 0 atom stereocenters. The van der Waals surface area contributed by atoms with Crippen molar-refractivity contribution in [2.45, 2.75) is 70.3 Å². The summed E-state index contributed by atoms with van der Waals surface area (Å²) < 4.78 is 5.81. The van der Waals surface area contributed by atoms with Gasteiger partial charge in [-0.3, -0.25) is 4.99 Å². The number of halogens is 1. The molecule has 27 heavy (non-hydrogen) atoms. The molecular formula is C21H36IN3OS. The number of guanidine groups is 1. The van der Waals surface area contributed by atoms with E-state index in [1.165, 1.54) is 37.0 Å². The Labute approximate surface area is 186 Å². The van der Waals surface area contributed by atoms with Crippen LogP contribution in [-0.2, 0) is 10.2 Å². The zero-order valence-corrected chi connectivity index (χ0v) is 20.1. The normalized spacial score (nSPS) is 21.0. The third kappa shape index (κ3) is 6.07. The Balaban J connectivity index is 0.00000261. The highest BCUT2D eigenvalue weighted by molar-refractivity contribution is 14.0. The summed E-state index contributed by atoms with van der Waals surface area (Å²) in [6.07, 6.45) is 9.25. The maximum absolute atomic E-state index is 5.81. The molecule has 2 aliphatic rings.